The fourth-order valence-electron chi connectivity index (χ4n) is 3.50. The topological polar surface area (TPSA) is 91.4 Å². The maximum Gasteiger partial charge on any atom is 0.226 e. The zero-order valence-electron chi connectivity index (χ0n) is 16.9. The number of nitrogens with one attached hydrogen (secondary N) is 3. The Morgan fingerprint density at radius 3 is 2.74 bits per heavy atom. The van der Waals surface area contributed by atoms with Gasteiger partial charge in [-0.25, -0.2) is 9.97 Å². The van der Waals surface area contributed by atoms with E-state index in [1.807, 2.05) is 37.3 Å². The van der Waals surface area contributed by atoms with Gasteiger partial charge in [0.05, 0.1) is 0 Å². The Morgan fingerprint density at radius 2 is 1.87 bits per heavy atom. The van der Waals surface area contributed by atoms with Gasteiger partial charge in [0.15, 0.2) is 17.0 Å². The average Bonchev–Trinajstić information content (AvgIpc) is 3.18. The van der Waals surface area contributed by atoms with E-state index in [0.717, 1.165) is 28.9 Å². The van der Waals surface area contributed by atoms with E-state index in [1.165, 1.54) is 5.39 Å². The minimum absolute atomic E-state index is 0.498. The Balaban J connectivity index is 1.38. The number of hydrogen-bond donors (Lipinski definition) is 3. The van der Waals surface area contributed by atoms with Gasteiger partial charge in [-0.15, -0.1) is 0 Å². The lowest BCUT2D eigenvalue weighted by atomic mass is 10.2. The van der Waals surface area contributed by atoms with Crippen LogP contribution in [0.4, 0.5) is 17.5 Å². The van der Waals surface area contributed by atoms with Gasteiger partial charge in [0.2, 0.25) is 5.95 Å². The van der Waals surface area contributed by atoms with E-state index in [9.17, 15) is 0 Å². The molecule has 0 amide bonds. The lowest BCUT2D eigenvalue weighted by Gasteiger charge is -2.12. The van der Waals surface area contributed by atoms with Crippen molar-refractivity contribution >= 4 is 51.1 Å². The second kappa shape index (κ2) is 8.20. The molecule has 5 aromatic rings. The zero-order valence-corrected chi connectivity index (χ0v) is 17.6. The molecule has 0 aliphatic rings. The minimum Gasteiger partial charge on any atom is -0.358 e. The molecule has 2 aromatic carbocycles. The quantitative estimate of drug-likeness (QED) is 0.341. The highest BCUT2D eigenvalue weighted by molar-refractivity contribution is 6.30. The van der Waals surface area contributed by atoms with Crippen molar-refractivity contribution in [2.75, 3.05) is 17.2 Å². The number of nitrogens with zero attached hydrogens (tertiary/aromatic N) is 4. The van der Waals surface area contributed by atoms with Crippen molar-refractivity contribution < 1.29 is 0 Å². The van der Waals surface area contributed by atoms with E-state index in [1.54, 1.807) is 12.4 Å². The first-order valence-corrected chi connectivity index (χ1v) is 10.4. The maximum absolute atomic E-state index is 6.09. The number of halogens is 1. The summed E-state index contributed by atoms with van der Waals surface area (Å²) in [5.41, 5.74) is 5.34. The van der Waals surface area contributed by atoms with Crippen LogP contribution in [0, 0.1) is 6.92 Å². The summed E-state index contributed by atoms with van der Waals surface area (Å²) in [5.74, 6) is 1.09. The molecule has 154 valence electrons. The van der Waals surface area contributed by atoms with Crippen LogP contribution in [0.5, 0.6) is 0 Å². The fourth-order valence-corrected chi connectivity index (χ4v) is 3.73. The Hall–Kier alpha value is -3.71. The van der Waals surface area contributed by atoms with E-state index in [0.29, 0.717) is 34.5 Å². The molecular formula is C23H20ClN7. The predicted octanol–water partition coefficient (Wildman–Crippen LogP) is 5.26. The second-order valence-corrected chi connectivity index (χ2v) is 7.70. The monoisotopic (exact) mass is 429 g/mol. The van der Waals surface area contributed by atoms with Crippen molar-refractivity contribution in [3.05, 3.63) is 77.2 Å². The van der Waals surface area contributed by atoms with Gasteiger partial charge in [0.25, 0.3) is 0 Å². The molecule has 0 saturated carbocycles. The highest BCUT2D eigenvalue weighted by Gasteiger charge is 2.11. The summed E-state index contributed by atoms with van der Waals surface area (Å²) in [6.45, 7) is 2.67. The first-order chi connectivity index (χ1) is 15.2. The Labute approximate surface area is 183 Å². The SMILES string of the molecule is Cc1cc(Cl)ccc1Nc1nc(NCCc2cc3ccccc3[nH]2)nc2nccnc12. The number of aryl methyl sites for hydroxylation is 1. The van der Waals surface area contributed by atoms with E-state index >= 15 is 0 Å². The summed E-state index contributed by atoms with van der Waals surface area (Å²) >= 11 is 6.09. The van der Waals surface area contributed by atoms with Gasteiger partial charge < -0.3 is 15.6 Å². The maximum atomic E-state index is 6.09. The van der Waals surface area contributed by atoms with E-state index in [4.69, 9.17) is 11.6 Å². The molecule has 8 heteroatoms. The number of benzene rings is 2. The van der Waals surface area contributed by atoms with Gasteiger partial charge in [-0.3, -0.25) is 0 Å². The average molecular weight is 430 g/mol. The summed E-state index contributed by atoms with van der Waals surface area (Å²) in [6, 6.07) is 16.1. The molecule has 0 aliphatic heterocycles. The Kier molecular flexibility index (Phi) is 5.09. The molecule has 0 saturated heterocycles. The van der Waals surface area contributed by atoms with Crippen LogP contribution in [0.1, 0.15) is 11.3 Å². The molecule has 0 unspecified atom stereocenters. The summed E-state index contributed by atoms with van der Waals surface area (Å²) < 4.78 is 0. The summed E-state index contributed by atoms with van der Waals surface area (Å²) in [4.78, 5) is 21.4. The van der Waals surface area contributed by atoms with Gasteiger partial charge in [0, 0.05) is 47.3 Å². The van der Waals surface area contributed by atoms with Gasteiger partial charge in [-0.05, 0) is 48.2 Å². The molecule has 5 rings (SSSR count). The van der Waals surface area contributed by atoms with Gasteiger partial charge in [-0.1, -0.05) is 29.8 Å². The third-order valence-electron chi connectivity index (χ3n) is 5.04. The van der Waals surface area contributed by atoms with Crippen LogP contribution < -0.4 is 10.6 Å². The largest absolute Gasteiger partial charge is 0.358 e. The molecule has 0 spiro atoms. The number of para-hydroxylation sites is 1. The molecule has 0 bridgehead atoms. The standard InChI is InChI=1S/C23H20ClN7/c1-14-12-16(24)6-7-18(14)29-22-20-21(26-11-10-25-20)30-23(31-22)27-9-8-17-13-15-4-2-3-5-19(15)28-17/h2-7,10-13,28H,8-9H2,1H3,(H2,26,27,29,30,31). The lowest BCUT2D eigenvalue weighted by Crippen LogP contribution is -2.10. The van der Waals surface area contributed by atoms with E-state index in [-0.39, 0.29) is 0 Å². The second-order valence-electron chi connectivity index (χ2n) is 7.27. The van der Waals surface area contributed by atoms with Crippen LogP contribution >= 0.6 is 11.6 Å². The van der Waals surface area contributed by atoms with Crippen LogP contribution in [-0.2, 0) is 6.42 Å². The highest BCUT2D eigenvalue weighted by atomic mass is 35.5. The summed E-state index contributed by atoms with van der Waals surface area (Å²) in [5, 5.41) is 8.56. The lowest BCUT2D eigenvalue weighted by molar-refractivity contribution is 0.960. The van der Waals surface area contributed by atoms with E-state index in [2.05, 4.69) is 53.8 Å². The zero-order chi connectivity index (χ0) is 21.2. The molecule has 3 heterocycles. The molecule has 0 fully saturated rings. The fraction of sp³-hybridized carbons (Fsp3) is 0.130. The predicted molar refractivity (Wildman–Crippen MR) is 125 cm³/mol. The molecule has 0 radical (unpaired) electrons. The van der Waals surface area contributed by atoms with Crippen LogP contribution in [0.2, 0.25) is 5.02 Å². The molecule has 3 N–H and O–H groups in total. The Bertz CT molecular complexity index is 1350. The number of fused-ring (bicyclic) bond motifs is 2. The number of hydrogen-bond acceptors (Lipinski definition) is 6. The summed E-state index contributed by atoms with van der Waals surface area (Å²) in [6.07, 6.45) is 4.07. The van der Waals surface area contributed by atoms with Crippen LogP contribution in [0.25, 0.3) is 22.1 Å². The number of aromatic amines is 1. The smallest absolute Gasteiger partial charge is 0.226 e. The highest BCUT2D eigenvalue weighted by Crippen LogP contribution is 2.26. The van der Waals surface area contributed by atoms with Gasteiger partial charge in [-0.2, -0.15) is 9.97 Å². The number of aromatic nitrogens is 5. The normalized spacial score (nSPS) is 11.2. The van der Waals surface area contributed by atoms with Gasteiger partial charge in [0.1, 0.15) is 0 Å². The molecular weight excluding hydrogens is 410 g/mol. The van der Waals surface area contributed by atoms with Gasteiger partial charge >= 0.3 is 0 Å². The number of anilines is 3. The minimum atomic E-state index is 0.498. The molecule has 3 aromatic heterocycles. The van der Waals surface area contributed by atoms with Crippen molar-refractivity contribution in [1.29, 1.82) is 0 Å². The first-order valence-electron chi connectivity index (χ1n) is 9.98. The van der Waals surface area contributed by atoms with Crippen LogP contribution in [0.15, 0.2) is 60.9 Å². The van der Waals surface area contributed by atoms with Crippen LogP contribution in [-0.4, -0.2) is 31.5 Å². The van der Waals surface area contributed by atoms with Crippen molar-refractivity contribution in [3.63, 3.8) is 0 Å². The van der Waals surface area contributed by atoms with Crippen molar-refractivity contribution in [2.24, 2.45) is 0 Å². The van der Waals surface area contributed by atoms with E-state index < -0.39 is 0 Å². The summed E-state index contributed by atoms with van der Waals surface area (Å²) in [7, 11) is 0. The van der Waals surface area contributed by atoms with Crippen molar-refractivity contribution in [1.82, 2.24) is 24.9 Å². The van der Waals surface area contributed by atoms with Crippen molar-refractivity contribution in [3.8, 4) is 0 Å². The molecule has 31 heavy (non-hydrogen) atoms. The van der Waals surface area contributed by atoms with Crippen LogP contribution in [0.3, 0.4) is 0 Å². The third-order valence-corrected chi connectivity index (χ3v) is 5.27. The van der Waals surface area contributed by atoms with Crippen molar-refractivity contribution in [2.45, 2.75) is 13.3 Å². The molecule has 0 aliphatic carbocycles. The number of H-pyrrole nitrogens is 1. The Morgan fingerprint density at radius 1 is 1.00 bits per heavy atom. The molecule has 0 atom stereocenters. The number of rotatable bonds is 6. The molecule has 7 nitrogen and oxygen atoms in total. The first kappa shape index (κ1) is 19.3. The third kappa shape index (κ3) is 4.13.